The Bertz CT molecular complexity index is 618. The molecule has 0 saturated heterocycles. The van der Waals surface area contributed by atoms with Crippen LogP contribution in [0.25, 0.3) is 5.69 Å². The van der Waals surface area contributed by atoms with Gasteiger partial charge < -0.3 is 5.32 Å². The van der Waals surface area contributed by atoms with Crippen molar-refractivity contribution in [3.63, 3.8) is 0 Å². The van der Waals surface area contributed by atoms with Crippen molar-refractivity contribution in [3.05, 3.63) is 40.0 Å². The Morgan fingerprint density at radius 3 is 3.05 bits per heavy atom. The van der Waals surface area contributed by atoms with E-state index in [0.717, 1.165) is 29.5 Å². The number of unbranched alkanes of at least 4 members (excludes halogenated alkanes) is 1. The Kier molecular flexibility index (Phi) is 4.63. The van der Waals surface area contributed by atoms with E-state index in [1.54, 1.807) is 0 Å². The summed E-state index contributed by atoms with van der Waals surface area (Å²) < 4.78 is 3.18. The summed E-state index contributed by atoms with van der Waals surface area (Å²) in [7, 11) is 0. The van der Waals surface area contributed by atoms with Crippen LogP contribution in [0.15, 0.2) is 28.7 Å². The molecule has 1 aromatic heterocycles. The third kappa shape index (κ3) is 3.15. The lowest BCUT2D eigenvalue weighted by atomic mass is 10.1. The molecular weight excluding hydrogens is 326 g/mol. The van der Waals surface area contributed by atoms with Crippen molar-refractivity contribution in [3.8, 4) is 5.69 Å². The van der Waals surface area contributed by atoms with E-state index in [9.17, 15) is 0 Å². The van der Waals surface area contributed by atoms with Gasteiger partial charge in [0.05, 0.1) is 11.4 Å². The van der Waals surface area contributed by atoms with Crippen molar-refractivity contribution < 1.29 is 0 Å². The van der Waals surface area contributed by atoms with Crippen LogP contribution < -0.4 is 5.32 Å². The van der Waals surface area contributed by atoms with Crippen LogP contribution in [0, 0.1) is 0 Å². The number of anilines is 1. The molecule has 1 N–H and O–H groups in total. The molecule has 21 heavy (non-hydrogen) atoms. The Morgan fingerprint density at radius 2 is 2.24 bits per heavy atom. The van der Waals surface area contributed by atoms with E-state index in [4.69, 9.17) is 5.10 Å². The van der Waals surface area contributed by atoms with Gasteiger partial charge in [0.2, 0.25) is 0 Å². The number of hydrogen-bond acceptors (Lipinski definition) is 2. The van der Waals surface area contributed by atoms with Crippen molar-refractivity contribution >= 4 is 21.7 Å². The fourth-order valence-electron chi connectivity index (χ4n) is 2.91. The molecule has 0 aliphatic carbocycles. The summed E-state index contributed by atoms with van der Waals surface area (Å²) in [5, 5.41) is 8.51. The third-order valence-electron chi connectivity index (χ3n) is 4.03. The molecule has 2 heterocycles. The third-order valence-corrected chi connectivity index (χ3v) is 4.53. The molecule has 2 aromatic rings. The molecule has 0 amide bonds. The smallest absolute Gasteiger partial charge is 0.133 e. The molecular formula is C17H22BrN3. The maximum atomic E-state index is 4.92. The minimum absolute atomic E-state index is 1.04. The zero-order valence-electron chi connectivity index (χ0n) is 12.5. The van der Waals surface area contributed by atoms with Gasteiger partial charge in [-0.1, -0.05) is 35.3 Å². The summed E-state index contributed by atoms with van der Waals surface area (Å²) in [5.74, 6) is 1.21. The van der Waals surface area contributed by atoms with E-state index < -0.39 is 0 Å². The first-order chi connectivity index (χ1) is 10.3. The predicted molar refractivity (Wildman–Crippen MR) is 91.3 cm³/mol. The highest BCUT2D eigenvalue weighted by Gasteiger charge is 2.20. The van der Waals surface area contributed by atoms with Crippen LogP contribution in [-0.4, -0.2) is 16.3 Å². The first kappa shape index (κ1) is 14.6. The molecule has 1 aliphatic heterocycles. The molecule has 0 unspecified atom stereocenters. The van der Waals surface area contributed by atoms with Crippen LogP contribution in [0.5, 0.6) is 0 Å². The first-order valence-corrected chi connectivity index (χ1v) is 8.69. The molecule has 0 fully saturated rings. The first-order valence-electron chi connectivity index (χ1n) is 7.90. The van der Waals surface area contributed by atoms with Crippen LogP contribution in [0.3, 0.4) is 0 Å². The van der Waals surface area contributed by atoms with Crippen molar-refractivity contribution in [2.45, 2.75) is 45.4 Å². The van der Waals surface area contributed by atoms with Crippen LogP contribution in [0.2, 0.25) is 0 Å². The Labute approximate surface area is 134 Å². The number of benzene rings is 1. The van der Waals surface area contributed by atoms with Crippen molar-refractivity contribution in [1.82, 2.24) is 9.78 Å². The highest BCUT2D eigenvalue weighted by molar-refractivity contribution is 9.10. The maximum absolute atomic E-state index is 4.92. The van der Waals surface area contributed by atoms with Gasteiger partial charge in [0, 0.05) is 16.6 Å². The number of aryl methyl sites for hydroxylation is 1. The molecule has 0 atom stereocenters. The van der Waals surface area contributed by atoms with E-state index in [-0.39, 0.29) is 0 Å². The van der Waals surface area contributed by atoms with Crippen molar-refractivity contribution in [2.24, 2.45) is 0 Å². The number of nitrogens with one attached hydrogen (secondary N) is 1. The molecule has 4 heteroatoms. The van der Waals surface area contributed by atoms with Crippen LogP contribution in [0.1, 0.15) is 43.9 Å². The fourth-order valence-corrected chi connectivity index (χ4v) is 3.30. The monoisotopic (exact) mass is 347 g/mol. The van der Waals surface area contributed by atoms with Gasteiger partial charge in [-0.15, -0.1) is 0 Å². The largest absolute Gasteiger partial charge is 0.370 e. The van der Waals surface area contributed by atoms with Gasteiger partial charge in [-0.2, -0.15) is 5.10 Å². The van der Waals surface area contributed by atoms with Gasteiger partial charge >= 0.3 is 0 Å². The van der Waals surface area contributed by atoms with Gasteiger partial charge in [0.1, 0.15) is 5.82 Å². The van der Waals surface area contributed by atoms with Crippen LogP contribution in [0.4, 0.5) is 5.82 Å². The number of rotatable bonds is 4. The van der Waals surface area contributed by atoms with Gasteiger partial charge in [0.15, 0.2) is 0 Å². The number of hydrogen-bond donors (Lipinski definition) is 1. The average Bonchev–Trinajstić information content (AvgIpc) is 2.67. The summed E-state index contributed by atoms with van der Waals surface area (Å²) in [6.45, 7) is 3.28. The SMILES string of the molecule is CCCCc1nn(-c2cccc(Br)c2)c2c1CCCCN2. The molecule has 112 valence electrons. The highest BCUT2D eigenvalue weighted by Crippen LogP contribution is 2.29. The number of halogens is 1. The van der Waals surface area contributed by atoms with E-state index in [0.29, 0.717) is 0 Å². The number of aromatic nitrogens is 2. The summed E-state index contributed by atoms with van der Waals surface area (Å²) in [6.07, 6.45) is 7.15. The second-order valence-electron chi connectivity index (χ2n) is 5.65. The van der Waals surface area contributed by atoms with Crippen molar-refractivity contribution in [2.75, 3.05) is 11.9 Å². The summed E-state index contributed by atoms with van der Waals surface area (Å²) in [6, 6.07) is 8.37. The van der Waals surface area contributed by atoms with E-state index in [1.165, 1.54) is 42.8 Å². The second kappa shape index (κ2) is 6.65. The lowest BCUT2D eigenvalue weighted by Gasteiger charge is -2.09. The van der Waals surface area contributed by atoms with Crippen LogP contribution in [-0.2, 0) is 12.8 Å². The molecule has 0 bridgehead atoms. The van der Waals surface area contributed by atoms with Gasteiger partial charge in [-0.05, 0) is 50.3 Å². The highest BCUT2D eigenvalue weighted by atomic mass is 79.9. The van der Waals surface area contributed by atoms with Gasteiger partial charge in [-0.3, -0.25) is 0 Å². The molecule has 0 spiro atoms. The normalized spacial score (nSPS) is 14.4. The molecule has 0 saturated carbocycles. The topological polar surface area (TPSA) is 29.9 Å². The summed E-state index contributed by atoms with van der Waals surface area (Å²) in [4.78, 5) is 0. The summed E-state index contributed by atoms with van der Waals surface area (Å²) >= 11 is 3.56. The molecule has 3 rings (SSSR count). The van der Waals surface area contributed by atoms with Crippen molar-refractivity contribution in [1.29, 1.82) is 0 Å². The molecule has 1 aliphatic rings. The number of fused-ring (bicyclic) bond motifs is 1. The molecule has 3 nitrogen and oxygen atoms in total. The molecule has 0 radical (unpaired) electrons. The average molecular weight is 348 g/mol. The van der Waals surface area contributed by atoms with E-state index in [2.05, 4.69) is 57.1 Å². The summed E-state index contributed by atoms with van der Waals surface area (Å²) in [5.41, 5.74) is 3.83. The van der Waals surface area contributed by atoms with Gasteiger partial charge in [0.25, 0.3) is 0 Å². The van der Waals surface area contributed by atoms with E-state index in [1.807, 2.05) is 0 Å². The zero-order valence-corrected chi connectivity index (χ0v) is 14.1. The fraction of sp³-hybridized carbons (Fsp3) is 0.471. The minimum atomic E-state index is 1.04. The molecule has 1 aromatic carbocycles. The quantitative estimate of drug-likeness (QED) is 0.866. The minimum Gasteiger partial charge on any atom is -0.370 e. The lowest BCUT2D eigenvalue weighted by molar-refractivity contribution is 0.728. The zero-order chi connectivity index (χ0) is 14.7. The van der Waals surface area contributed by atoms with Crippen LogP contribution >= 0.6 is 15.9 Å². The standard InChI is InChI=1S/C17H22BrN3/c1-2-3-10-16-15-9-4-5-11-19-17(15)21(20-16)14-8-6-7-13(18)12-14/h6-8,12,19H,2-5,9-11H2,1H3. The second-order valence-corrected chi connectivity index (χ2v) is 6.57. The lowest BCUT2D eigenvalue weighted by Crippen LogP contribution is -2.07. The Balaban J connectivity index is 2.05. The Hall–Kier alpha value is -1.29. The predicted octanol–water partition coefficient (Wildman–Crippen LogP) is 4.73. The maximum Gasteiger partial charge on any atom is 0.133 e. The van der Waals surface area contributed by atoms with Gasteiger partial charge in [-0.25, -0.2) is 4.68 Å². The van der Waals surface area contributed by atoms with E-state index >= 15 is 0 Å². The number of nitrogens with zero attached hydrogens (tertiary/aromatic N) is 2. The Morgan fingerprint density at radius 1 is 1.33 bits per heavy atom.